The van der Waals surface area contributed by atoms with Gasteiger partial charge in [0, 0.05) is 24.6 Å². The van der Waals surface area contributed by atoms with E-state index in [0.29, 0.717) is 0 Å². The van der Waals surface area contributed by atoms with Crippen molar-refractivity contribution in [2.75, 3.05) is 0 Å². The molecule has 0 aliphatic rings. The third-order valence-corrected chi connectivity index (χ3v) is 4.26. The van der Waals surface area contributed by atoms with Crippen molar-refractivity contribution in [1.29, 1.82) is 0 Å². The summed E-state index contributed by atoms with van der Waals surface area (Å²) >= 11 is 0. The molecule has 0 bridgehead atoms. The Bertz CT molecular complexity index is 804. The van der Waals surface area contributed by atoms with Gasteiger partial charge in [-0.3, -0.25) is 0 Å². The lowest BCUT2D eigenvalue weighted by molar-refractivity contribution is -0.699. The number of hydrogen-bond donors (Lipinski definition) is 1. The molecule has 118 valence electrons. The fourth-order valence-electron chi connectivity index (χ4n) is 2.71. The van der Waals surface area contributed by atoms with Crippen molar-refractivity contribution in [1.82, 2.24) is 9.97 Å². The minimum absolute atomic E-state index is 0.899. The smallest absolute Gasteiger partial charge is 0.205 e. The predicted molar refractivity (Wildman–Crippen MR) is 96.0 cm³/mol. The van der Waals surface area contributed by atoms with Gasteiger partial charge in [-0.1, -0.05) is 13.3 Å². The molecule has 0 fully saturated rings. The maximum Gasteiger partial charge on any atom is 0.205 e. The van der Waals surface area contributed by atoms with E-state index in [0.717, 1.165) is 23.4 Å². The zero-order valence-electron chi connectivity index (χ0n) is 14.1. The molecule has 1 N–H and O–H groups in total. The van der Waals surface area contributed by atoms with Crippen molar-refractivity contribution < 1.29 is 4.57 Å². The molecule has 0 spiro atoms. The molecule has 0 unspecified atom stereocenters. The molecule has 0 saturated heterocycles. The monoisotopic (exact) mass is 306 g/mol. The van der Waals surface area contributed by atoms with Gasteiger partial charge < -0.3 is 4.98 Å². The van der Waals surface area contributed by atoms with Gasteiger partial charge in [0.15, 0.2) is 6.20 Å². The molecule has 3 aromatic rings. The number of benzene rings is 1. The van der Waals surface area contributed by atoms with Gasteiger partial charge in [-0.2, -0.15) is 4.57 Å². The fraction of sp³-hybridized carbons (Fsp3) is 0.300. The summed E-state index contributed by atoms with van der Waals surface area (Å²) < 4.78 is 2.29. The molecule has 2 heterocycles. The van der Waals surface area contributed by atoms with Gasteiger partial charge in [0.1, 0.15) is 12.4 Å². The minimum atomic E-state index is 0.899. The number of nitrogens with one attached hydrogen (secondary N) is 1. The van der Waals surface area contributed by atoms with Crippen LogP contribution in [-0.4, -0.2) is 9.97 Å². The highest BCUT2D eigenvalue weighted by atomic mass is 14.9. The number of imidazole rings is 1. The van der Waals surface area contributed by atoms with Crippen molar-refractivity contribution in [2.24, 2.45) is 0 Å². The van der Waals surface area contributed by atoms with Crippen molar-refractivity contribution in [3.63, 3.8) is 0 Å². The molecule has 0 aliphatic carbocycles. The molecule has 3 nitrogen and oxygen atoms in total. The molecule has 0 amide bonds. The maximum absolute atomic E-state index is 4.67. The third-order valence-electron chi connectivity index (χ3n) is 4.26. The summed E-state index contributed by atoms with van der Waals surface area (Å²) in [4.78, 5) is 8.06. The summed E-state index contributed by atoms with van der Waals surface area (Å²) in [7, 11) is 0. The number of H-pyrrole nitrogens is 1. The van der Waals surface area contributed by atoms with Gasteiger partial charge in [-0.25, -0.2) is 4.98 Å². The number of aromatic nitrogens is 3. The van der Waals surface area contributed by atoms with Crippen LogP contribution in [0, 0.1) is 13.8 Å². The standard InChI is InChI=1S/C20H23N3/c1-4-5-11-23-12-7-6-8-17(23)9-10-20-21-18-13-15(2)16(3)14-19(18)22-20/h6-10,12-14H,4-5,11H2,1-3H3/p+1. The molecule has 3 rings (SSSR count). The van der Waals surface area contributed by atoms with Gasteiger partial charge in [0.05, 0.1) is 11.0 Å². The van der Waals surface area contributed by atoms with Crippen molar-refractivity contribution in [3.05, 3.63) is 59.2 Å². The Morgan fingerprint density at radius 2 is 1.96 bits per heavy atom. The number of hydrogen-bond acceptors (Lipinski definition) is 1. The van der Waals surface area contributed by atoms with Gasteiger partial charge in [0.25, 0.3) is 0 Å². The zero-order chi connectivity index (χ0) is 16.2. The lowest BCUT2D eigenvalue weighted by Gasteiger charge is -1.98. The minimum Gasteiger partial charge on any atom is -0.338 e. The molecule has 0 atom stereocenters. The average Bonchev–Trinajstić information content (AvgIpc) is 2.94. The number of fused-ring (bicyclic) bond motifs is 1. The van der Waals surface area contributed by atoms with Gasteiger partial charge in [-0.05, 0) is 49.2 Å². The lowest BCUT2D eigenvalue weighted by Crippen LogP contribution is -2.36. The van der Waals surface area contributed by atoms with E-state index in [2.05, 4.69) is 84.0 Å². The molecule has 0 aliphatic heterocycles. The first-order valence-electron chi connectivity index (χ1n) is 8.31. The lowest BCUT2D eigenvalue weighted by atomic mass is 10.1. The van der Waals surface area contributed by atoms with Crippen LogP contribution in [-0.2, 0) is 6.54 Å². The normalized spacial score (nSPS) is 11.6. The van der Waals surface area contributed by atoms with Gasteiger partial charge in [-0.15, -0.1) is 0 Å². The Balaban J connectivity index is 1.88. The van der Waals surface area contributed by atoms with Crippen LogP contribution >= 0.6 is 0 Å². The number of unbranched alkanes of at least 4 members (excludes halogenated alkanes) is 1. The van der Waals surface area contributed by atoms with E-state index in [9.17, 15) is 0 Å². The average molecular weight is 306 g/mol. The molecule has 1 aromatic carbocycles. The second-order valence-corrected chi connectivity index (χ2v) is 6.08. The van der Waals surface area contributed by atoms with Crippen LogP contribution in [0.4, 0.5) is 0 Å². The van der Waals surface area contributed by atoms with Crippen molar-refractivity contribution in [3.8, 4) is 0 Å². The molecule has 3 heteroatoms. The highest BCUT2D eigenvalue weighted by Crippen LogP contribution is 2.18. The Hall–Kier alpha value is -2.42. The van der Waals surface area contributed by atoms with Crippen molar-refractivity contribution >= 4 is 23.2 Å². The van der Waals surface area contributed by atoms with Crippen LogP contribution < -0.4 is 4.57 Å². The summed E-state index contributed by atoms with van der Waals surface area (Å²) in [5, 5.41) is 0. The van der Waals surface area contributed by atoms with Crippen molar-refractivity contribution in [2.45, 2.75) is 40.2 Å². The second-order valence-electron chi connectivity index (χ2n) is 6.08. The Labute approximate surface area is 137 Å². The maximum atomic E-state index is 4.67. The highest BCUT2D eigenvalue weighted by Gasteiger charge is 2.07. The number of pyridine rings is 1. The second kappa shape index (κ2) is 6.78. The van der Waals surface area contributed by atoms with E-state index in [1.54, 1.807) is 0 Å². The number of rotatable bonds is 5. The highest BCUT2D eigenvalue weighted by molar-refractivity contribution is 5.79. The van der Waals surface area contributed by atoms with Crippen LogP contribution in [0.2, 0.25) is 0 Å². The molecular weight excluding hydrogens is 282 g/mol. The summed E-state index contributed by atoms with van der Waals surface area (Å²) in [6.07, 6.45) is 8.72. The molecular formula is C20H24N3+. The van der Waals surface area contributed by atoms with E-state index < -0.39 is 0 Å². The summed E-state index contributed by atoms with van der Waals surface area (Å²) in [6, 6.07) is 10.6. The zero-order valence-corrected chi connectivity index (χ0v) is 14.1. The summed E-state index contributed by atoms with van der Waals surface area (Å²) in [5.41, 5.74) is 5.89. The molecule has 23 heavy (non-hydrogen) atoms. The number of aryl methyl sites for hydroxylation is 3. The molecule has 2 aromatic heterocycles. The Morgan fingerprint density at radius 3 is 2.78 bits per heavy atom. The van der Waals surface area contributed by atoms with E-state index in [-0.39, 0.29) is 0 Å². The predicted octanol–water partition coefficient (Wildman–Crippen LogP) is 4.44. The first kappa shape index (κ1) is 15.5. The fourth-order valence-corrected chi connectivity index (χ4v) is 2.71. The summed E-state index contributed by atoms with van der Waals surface area (Å²) in [6.45, 7) is 7.53. The van der Waals surface area contributed by atoms with Gasteiger partial charge >= 0.3 is 0 Å². The first-order valence-corrected chi connectivity index (χ1v) is 8.31. The van der Waals surface area contributed by atoms with Crippen LogP contribution in [0.1, 0.15) is 42.4 Å². The van der Waals surface area contributed by atoms with E-state index in [1.807, 2.05) is 0 Å². The van der Waals surface area contributed by atoms with Crippen LogP contribution in [0.5, 0.6) is 0 Å². The van der Waals surface area contributed by atoms with E-state index in [4.69, 9.17) is 0 Å². The molecule has 0 saturated carbocycles. The van der Waals surface area contributed by atoms with E-state index >= 15 is 0 Å². The largest absolute Gasteiger partial charge is 0.338 e. The van der Waals surface area contributed by atoms with Gasteiger partial charge in [0.2, 0.25) is 5.69 Å². The van der Waals surface area contributed by atoms with E-state index in [1.165, 1.54) is 29.7 Å². The first-order chi connectivity index (χ1) is 11.2. The quantitative estimate of drug-likeness (QED) is 0.695. The SMILES string of the molecule is CCCC[n+]1ccccc1/C=C/c1nc2cc(C)c(C)cc2[nH]1. The number of aromatic amines is 1. The molecule has 0 radical (unpaired) electrons. The van der Waals surface area contributed by atoms with Crippen LogP contribution in [0.15, 0.2) is 36.5 Å². The Kier molecular flexibility index (Phi) is 4.56. The topological polar surface area (TPSA) is 32.6 Å². The Morgan fingerprint density at radius 1 is 1.13 bits per heavy atom. The number of nitrogens with zero attached hydrogens (tertiary/aromatic N) is 2. The van der Waals surface area contributed by atoms with Crippen LogP contribution in [0.3, 0.4) is 0 Å². The van der Waals surface area contributed by atoms with Crippen LogP contribution in [0.25, 0.3) is 23.2 Å². The third kappa shape index (κ3) is 3.50. The summed E-state index contributed by atoms with van der Waals surface area (Å²) in [5.74, 6) is 0.899.